The van der Waals surface area contributed by atoms with Crippen LogP contribution in [0.5, 0.6) is 5.75 Å². The van der Waals surface area contributed by atoms with E-state index < -0.39 is 0 Å². The zero-order valence-electron chi connectivity index (χ0n) is 18.5. The van der Waals surface area contributed by atoms with Gasteiger partial charge < -0.3 is 14.0 Å². The van der Waals surface area contributed by atoms with Crippen molar-refractivity contribution in [2.45, 2.75) is 32.7 Å². The third kappa shape index (κ3) is 4.92. The van der Waals surface area contributed by atoms with Crippen LogP contribution in [-0.2, 0) is 11.3 Å². The second-order valence-corrected chi connectivity index (χ2v) is 8.64. The Morgan fingerprint density at radius 1 is 1.03 bits per heavy atom. The minimum Gasteiger partial charge on any atom is -0.494 e. The van der Waals surface area contributed by atoms with Crippen LogP contribution in [0.3, 0.4) is 0 Å². The smallest absolute Gasteiger partial charge is 0.279 e. The average molecular weight is 449 g/mol. The number of hydrogen-bond donors (Lipinski definition) is 0. The quantitative estimate of drug-likeness (QED) is 0.304. The van der Waals surface area contributed by atoms with Crippen molar-refractivity contribution in [1.82, 2.24) is 4.57 Å². The Bertz CT molecular complexity index is 1290. The van der Waals surface area contributed by atoms with Gasteiger partial charge in [-0.1, -0.05) is 67.5 Å². The van der Waals surface area contributed by atoms with E-state index in [2.05, 4.69) is 40.7 Å². The Labute approximate surface area is 191 Å². The fourth-order valence-corrected chi connectivity index (χ4v) is 4.88. The van der Waals surface area contributed by atoms with Crippen LogP contribution in [0.4, 0.5) is 0 Å². The highest BCUT2D eigenvalue weighted by Gasteiger charge is 2.12. The first-order valence-corrected chi connectivity index (χ1v) is 11.8. The summed E-state index contributed by atoms with van der Waals surface area (Å²) in [5.41, 5.74) is 1.59. The topological polar surface area (TPSA) is 52.8 Å². The number of fused-ring (bicyclic) bond motifs is 3. The monoisotopic (exact) mass is 448 g/mol. The van der Waals surface area contributed by atoms with Crippen molar-refractivity contribution in [2.75, 3.05) is 20.3 Å². The second kappa shape index (κ2) is 10.6. The van der Waals surface area contributed by atoms with Crippen LogP contribution in [-0.4, -0.2) is 30.8 Å². The van der Waals surface area contributed by atoms with Gasteiger partial charge in [-0.15, -0.1) is 0 Å². The maximum Gasteiger partial charge on any atom is 0.279 e. The van der Waals surface area contributed by atoms with Crippen molar-refractivity contribution in [3.63, 3.8) is 0 Å². The number of benzene rings is 3. The fourth-order valence-electron chi connectivity index (χ4n) is 3.69. The number of nitrogens with zero attached hydrogens (tertiary/aromatic N) is 2. The van der Waals surface area contributed by atoms with Crippen molar-refractivity contribution in [3.05, 3.63) is 71.0 Å². The summed E-state index contributed by atoms with van der Waals surface area (Å²) >= 11 is 1.54. The lowest BCUT2D eigenvalue weighted by Crippen LogP contribution is -2.19. The first kappa shape index (κ1) is 22.2. The highest BCUT2D eigenvalue weighted by Crippen LogP contribution is 2.27. The molecule has 1 aromatic heterocycles. The number of ether oxygens (including phenoxy) is 2. The van der Waals surface area contributed by atoms with Gasteiger partial charge in [0.1, 0.15) is 5.75 Å². The fraction of sp³-hybridized carbons (Fsp3) is 0.308. The molecule has 4 rings (SSSR count). The van der Waals surface area contributed by atoms with Gasteiger partial charge in [-0.2, -0.15) is 4.99 Å². The van der Waals surface area contributed by atoms with Crippen LogP contribution in [0.15, 0.2) is 65.7 Å². The normalized spacial score (nSPS) is 12.0. The SMILES string of the molecule is CCCCCOc1cccc(C(=O)N=c2sc3c4ccccc4ccc3n2CCOC)c1. The number of hydrogen-bond acceptors (Lipinski definition) is 4. The number of rotatable bonds is 9. The largest absolute Gasteiger partial charge is 0.494 e. The summed E-state index contributed by atoms with van der Waals surface area (Å²) in [6.45, 7) is 3.99. The van der Waals surface area contributed by atoms with Crippen molar-refractivity contribution in [3.8, 4) is 5.75 Å². The van der Waals surface area contributed by atoms with Gasteiger partial charge >= 0.3 is 0 Å². The van der Waals surface area contributed by atoms with Gasteiger partial charge in [0, 0.05) is 24.6 Å². The molecule has 0 unspecified atom stereocenters. The van der Waals surface area contributed by atoms with E-state index in [9.17, 15) is 4.79 Å². The summed E-state index contributed by atoms with van der Waals surface area (Å²) in [4.78, 5) is 18.2. The highest BCUT2D eigenvalue weighted by atomic mass is 32.1. The molecular weight excluding hydrogens is 420 g/mol. The molecular formula is C26H28N2O3S. The maximum atomic E-state index is 13.0. The molecule has 6 heteroatoms. The molecule has 0 N–H and O–H groups in total. The molecule has 3 aromatic carbocycles. The summed E-state index contributed by atoms with van der Waals surface area (Å²) in [5.74, 6) is 0.433. The molecule has 5 nitrogen and oxygen atoms in total. The van der Waals surface area contributed by atoms with Gasteiger partial charge in [0.05, 0.1) is 23.4 Å². The predicted molar refractivity (Wildman–Crippen MR) is 131 cm³/mol. The number of amides is 1. The van der Waals surface area contributed by atoms with Gasteiger partial charge in [-0.25, -0.2) is 0 Å². The molecule has 0 aliphatic carbocycles. The number of aromatic nitrogens is 1. The summed E-state index contributed by atoms with van der Waals surface area (Å²) in [6, 6.07) is 19.8. The third-order valence-corrected chi connectivity index (χ3v) is 6.52. The molecule has 32 heavy (non-hydrogen) atoms. The molecule has 0 atom stereocenters. The number of carbonyl (C=O) groups excluding carboxylic acids is 1. The molecule has 4 aromatic rings. The van der Waals surface area contributed by atoms with E-state index >= 15 is 0 Å². The maximum absolute atomic E-state index is 13.0. The first-order chi connectivity index (χ1) is 15.7. The highest BCUT2D eigenvalue weighted by molar-refractivity contribution is 7.17. The van der Waals surface area contributed by atoms with Gasteiger partial charge in [0.15, 0.2) is 4.80 Å². The van der Waals surface area contributed by atoms with Crippen molar-refractivity contribution in [1.29, 1.82) is 0 Å². The number of methoxy groups -OCH3 is 1. The molecule has 0 aliphatic rings. The first-order valence-electron chi connectivity index (χ1n) is 11.0. The lowest BCUT2D eigenvalue weighted by molar-refractivity contribution is 0.0997. The van der Waals surface area contributed by atoms with Crippen molar-refractivity contribution in [2.24, 2.45) is 4.99 Å². The Morgan fingerprint density at radius 3 is 2.75 bits per heavy atom. The Morgan fingerprint density at radius 2 is 1.91 bits per heavy atom. The van der Waals surface area contributed by atoms with Gasteiger partial charge in [-0.3, -0.25) is 4.79 Å². The van der Waals surface area contributed by atoms with E-state index in [1.807, 2.05) is 24.3 Å². The molecule has 1 heterocycles. The molecule has 0 radical (unpaired) electrons. The van der Waals surface area contributed by atoms with Crippen molar-refractivity contribution < 1.29 is 14.3 Å². The zero-order chi connectivity index (χ0) is 22.3. The summed E-state index contributed by atoms with van der Waals surface area (Å²) in [5, 5.41) is 2.34. The van der Waals surface area contributed by atoms with E-state index in [1.165, 1.54) is 16.7 Å². The number of carbonyl (C=O) groups is 1. The Hall–Kier alpha value is -2.96. The molecule has 0 fully saturated rings. The molecule has 0 saturated carbocycles. The average Bonchev–Trinajstić information content (AvgIpc) is 3.18. The summed E-state index contributed by atoms with van der Waals surface area (Å²) in [6.07, 6.45) is 3.29. The number of unbranched alkanes of at least 4 members (excludes halogenated alkanes) is 2. The van der Waals surface area contributed by atoms with E-state index in [1.54, 1.807) is 19.2 Å². The lowest BCUT2D eigenvalue weighted by atomic mass is 10.1. The summed E-state index contributed by atoms with van der Waals surface area (Å²) < 4.78 is 14.3. The van der Waals surface area contributed by atoms with E-state index in [-0.39, 0.29) is 5.91 Å². The minimum absolute atomic E-state index is 0.272. The summed E-state index contributed by atoms with van der Waals surface area (Å²) in [7, 11) is 1.68. The molecule has 0 bridgehead atoms. The van der Waals surface area contributed by atoms with Gasteiger partial charge in [-0.05, 0) is 36.1 Å². The van der Waals surface area contributed by atoms with Crippen LogP contribution in [0, 0.1) is 0 Å². The number of thiazole rings is 1. The standard InChI is InChI=1S/C26H28N2O3S/c1-3-4-7-16-31-21-11-8-10-20(18-21)25(29)27-26-28(15-17-30-2)23-14-13-19-9-5-6-12-22(19)24(23)32-26/h5-6,8-14,18H,3-4,7,15-17H2,1-2H3. The molecule has 1 amide bonds. The van der Waals surface area contributed by atoms with Crippen LogP contribution in [0.2, 0.25) is 0 Å². The predicted octanol–water partition coefficient (Wildman–Crippen LogP) is 5.81. The van der Waals surface area contributed by atoms with Crippen LogP contribution < -0.4 is 9.54 Å². The lowest BCUT2D eigenvalue weighted by Gasteiger charge is -2.07. The van der Waals surface area contributed by atoms with E-state index in [4.69, 9.17) is 9.47 Å². The molecule has 0 spiro atoms. The Kier molecular flexibility index (Phi) is 7.35. The molecule has 166 valence electrons. The van der Waals surface area contributed by atoms with Crippen molar-refractivity contribution >= 4 is 38.2 Å². The van der Waals surface area contributed by atoms with Crippen LogP contribution in [0.25, 0.3) is 21.0 Å². The van der Waals surface area contributed by atoms with Gasteiger partial charge in [0.25, 0.3) is 5.91 Å². The van der Waals surface area contributed by atoms with Crippen LogP contribution >= 0.6 is 11.3 Å². The third-order valence-electron chi connectivity index (χ3n) is 5.39. The van der Waals surface area contributed by atoms with Crippen LogP contribution in [0.1, 0.15) is 36.5 Å². The van der Waals surface area contributed by atoms with Gasteiger partial charge in [0.2, 0.25) is 0 Å². The minimum atomic E-state index is -0.272. The molecule has 0 saturated heterocycles. The van der Waals surface area contributed by atoms with E-state index in [0.717, 1.165) is 34.9 Å². The molecule has 0 aliphatic heterocycles. The zero-order valence-corrected chi connectivity index (χ0v) is 19.4. The van der Waals surface area contributed by atoms with E-state index in [0.29, 0.717) is 35.9 Å². The Balaban J connectivity index is 1.71. The second-order valence-electron chi connectivity index (χ2n) is 7.66.